The van der Waals surface area contributed by atoms with E-state index in [1.54, 1.807) is 0 Å². The second-order valence-corrected chi connectivity index (χ2v) is 5.74. The molecular formula is C19H15F3N2O5. The minimum absolute atomic E-state index is 0.0364. The Bertz CT molecular complexity index is 1020. The summed E-state index contributed by atoms with van der Waals surface area (Å²) in [4.78, 5) is 15.4. The van der Waals surface area contributed by atoms with E-state index in [9.17, 15) is 18.0 Å². The molecule has 0 spiro atoms. The van der Waals surface area contributed by atoms with Crippen molar-refractivity contribution in [3.63, 3.8) is 0 Å². The second-order valence-electron chi connectivity index (χ2n) is 5.74. The molecular weight excluding hydrogens is 393 g/mol. The van der Waals surface area contributed by atoms with Gasteiger partial charge in [0.1, 0.15) is 11.6 Å². The number of methoxy groups -OCH3 is 1. The predicted molar refractivity (Wildman–Crippen MR) is 93.7 cm³/mol. The molecule has 0 atom stereocenters. The molecule has 0 aliphatic heterocycles. The quantitative estimate of drug-likeness (QED) is 0.515. The van der Waals surface area contributed by atoms with E-state index >= 15 is 0 Å². The van der Waals surface area contributed by atoms with Gasteiger partial charge in [-0.05, 0) is 37.3 Å². The highest BCUT2D eigenvalue weighted by atomic mass is 19.3. The van der Waals surface area contributed by atoms with Gasteiger partial charge in [-0.2, -0.15) is 13.8 Å². The van der Waals surface area contributed by atoms with Crippen LogP contribution < -0.4 is 14.2 Å². The van der Waals surface area contributed by atoms with Crippen LogP contribution in [0.1, 0.15) is 23.2 Å². The highest BCUT2D eigenvalue weighted by Gasteiger charge is 2.15. The van der Waals surface area contributed by atoms with Crippen LogP contribution in [-0.2, 0) is 6.61 Å². The summed E-state index contributed by atoms with van der Waals surface area (Å²) in [7, 11) is 1.31. The summed E-state index contributed by atoms with van der Waals surface area (Å²) < 4.78 is 58.5. The van der Waals surface area contributed by atoms with Gasteiger partial charge < -0.3 is 18.7 Å². The standard InChI is InChI=1S/C19H15F3N2O5/c1-10(25)13-5-4-12(8-14(13)20)27-9-17-23-18(24-29-17)11-3-6-15(28-19(21)22)16(7-11)26-2/h3-8,19H,9H2,1-2H3. The number of aromatic nitrogens is 2. The molecule has 3 aromatic rings. The highest BCUT2D eigenvalue weighted by Crippen LogP contribution is 2.32. The van der Waals surface area contributed by atoms with Gasteiger partial charge in [0.15, 0.2) is 23.9 Å². The summed E-state index contributed by atoms with van der Waals surface area (Å²) in [6.07, 6.45) is 0. The fourth-order valence-corrected chi connectivity index (χ4v) is 2.45. The number of rotatable bonds is 8. The van der Waals surface area contributed by atoms with Crippen LogP contribution in [0.15, 0.2) is 40.9 Å². The topological polar surface area (TPSA) is 83.7 Å². The van der Waals surface area contributed by atoms with Gasteiger partial charge in [0, 0.05) is 11.6 Å². The van der Waals surface area contributed by atoms with Gasteiger partial charge in [-0.3, -0.25) is 4.79 Å². The van der Waals surface area contributed by atoms with E-state index in [4.69, 9.17) is 14.0 Å². The highest BCUT2D eigenvalue weighted by molar-refractivity contribution is 5.94. The van der Waals surface area contributed by atoms with Gasteiger partial charge >= 0.3 is 6.61 Å². The molecule has 2 aromatic carbocycles. The van der Waals surface area contributed by atoms with Gasteiger partial charge in [-0.1, -0.05) is 5.16 Å². The van der Waals surface area contributed by atoms with Crippen LogP contribution >= 0.6 is 0 Å². The van der Waals surface area contributed by atoms with Gasteiger partial charge in [0.2, 0.25) is 5.82 Å². The van der Waals surface area contributed by atoms with Crippen molar-refractivity contribution in [2.24, 2.45) is 0 Å². The Balaban J connectivity index is 1.71. The lowest BCUT2D eigenvalue weighted by atomic mass is 10.1. The maximum atomic E-state index is 13.8. The van der Waals surface area contributed by atoms with Crippen LogP contribution in [0, 0.1) is 5.82 Å². The zero-order valence-corrected chi connectivity index (χ0v) is 15.3. The second kappa shape index (κ2) is 8.63. The SMILES string of the molecule is COc1cc(-c2noc(COc3ccc(C(C)=O)c(F)c3)n2)ccc1OC(F)F. The summed E-state index contributed by atoms with van der Waals surface area (Å²) in [5.74, 6) is -0.690. The largest absolute Gasteiger partial charge is 0.493 e. The van der Waals surface area contributed by atoms with Crippen molar-refractivity contribution in [2.75, 3.05) is 7.11 Å². The van der Waals surface area contributed by atoms with Crippen LogP contribution in [0.5, 0.6) is 17.2 Å². The number of halogens is 3. The lowest BCUT2D eigenvalue weighted by molar-refractivity contribution is -0.0512. The number of hydrogen-bond donors (Lipinski definition) is 0. The molecule has 1 aromatic heterocycles. The number of nitrogens with zero attached hydrogens (tertiary/aromatic N) is 2. The number of benzene rings is 2. The smallest absolute Gasteiger partial charge is 0.387 e. The zero-order chi connectivity index (χ0) is 21.0. The van der Waals surface area contributed by atoms with Crippen LogP contribution in [0.25, 0.3) is 11.4 Å². The van der Waals surface area contributed by atoms with Gasteiger partial charge in [-0.15, -0.1) is 0 Å². The van der Waals surface area contributed by atoms with Crippen LogP contribution in [0.4, 0.5) is 13.2 Å². The average Bonchev–Trinajstić information content (AvgIpc) is 3.15. The number of hydrogen-bond acceptors (Lipinski definition) is 7. The first-order valence-electron chi connectivity index (χ1n) is 8.26. The van der Waals surface area contributed by atoms with Crippen LogP contribution in [0.2, 0.25) is 0 Å². The fraction of sp³-hybridized carbons (Fsp3) is 0.211. The van der Waals surface area contributed by atoms with Crippen molar-refractivity contribution >= 4 is 5.78 Å². The fourth-order valence-electron chi connectivity index (χ4n) is 2.45. The molecule has 0 saturated heterocycles. The maximum absolute atomic E-state index is 13.8. The van der Waals surface area contributed by atoms with Crippen molar-refractivity contribution in [2.45, 2.75) is 20.1 Å². The Morgan fingerprint density at radius 3 is 2.62 bits per heavy atom. The van der Waals surface area contributed by atoms with E-state index in [1.807, 2.05) is 0 Å². The average molecular weight is 408 g/mol. The molecule has 0 radical (unpaired) electrons. The molecule has 0 unspecified atom stereocenters. The summed E-state index contributed by atoms with van der Waals surface area (Å²) in [6, 6.07) is 8.03. The molecule has 0 bridgehead atoms. The first kappa shape index (κ1) is 20.2. The molecule has 3 rings (SSSR count). The molecule has 7 nitrogen and oxygen atoms in total. The Hall–Kier alpha value is -3.56. The Morgan fingerprint density at radius 1 is 1.17 bits per heavy atom. The molecule has 0 saturated carbocycles. The molecule has 0 amide bonds. The summed E-state index contributed by atoms with van der Waals surface area (Å²) >= 11 is 0. The van der Waals surface area contributed by atoms with Gasteiger partial charge in [0.25, 0.3) is 5.89 Å². The van der Waals surface area contributed by atoms with Gasteiger partial charge in [0.05, 0.1) is 12.7 Å². The van der Waals surface area contributed by atoms with E-state index in [1.165, 1.54) is 44.4 Å². The number of ketones is 1. The Kier molecular flexibility index (Phi) is 6.01. The summed E-state index contributed by atoms with van der Waals surface area (Å²) in [5.41, 5.74) is 0.404. The third kappa shape index (κ3) is 4.84. The van der Waals surface area contributed by atoms with Crippen molar-refractivity contribution in [1.82, 2.24) is 10.1 Å². The first-order chi connectivity index (χ1) is 13.9. The molecule has 1 heterocycles. The lowest BCUT2D eigenvalue weighted by Gasteiger charge is -2.10. The zero-order valence-electron chi connectivity index (χ0n) is 15.3. The van der Waals surface area contributed by atoms with Crippen molar-refractivity contribution in [1.29, 1.82) is 0 Å². The number of ether oxygens (including phenoxy) is 3. The minimum Gasteiger partial charge on any atom is -0.493 e. The summed E-state index contributed by atoms with van der Waals surface area (Å²) in [5, 5.41) is 3.79. The third-order valence-corrected chi connectivity index (χ3v) is 3.79. The van der Waals surface area contributed by atoms with Crippen molar-refractivity contribution in [3.8, 4) is 28.6 Å². The normalized spacial score (nSPS) is 10.8. The number of carbonyl (C=O) groups is 1. The molecule has 152 valence electrons. The van der Waals surface area contributed by atoms with Crippen LogP contribution in [-0.4, -0.2) is 29.6 Å². The monoisotopic (exact) mass is 408 g/mol. The van der Waals surface area contributed by atoms with E-state index < -0.39 is 18.2 Å². The van der Waals surface area contributed by atoms with Crippen molar-refractivity contribution < 1.29 is 36.7 Å². The molecule has 0 fully saturated rings. The summed E-state index contributed by atoms with van der Waals surface area (Å²) in [6.45, 7) is -1.87. The molecule has 0 N–H and O–H groups in total. The van der Waals surface area contributed by atoms with Crippen LogP contribution in [0.3, 0.4) is 0 Å². The molecule has 29 heavy (non-hydrogen) atoms. The van der Waals surface area contributed by atoms with Crippen molar-refractivity contribution in [3.05, 3.63) is 53.7 Å². The third-order valence-electron chi connectivity index (χ3n) is 3.79. The first-order valence-corrected chi connectivity index (χ1v) is 8.26. The Morgan fingerprint density at radius 2 is 1.97 bits per heavy atom. The molecule has 10 heteroatoms. The van der Waals surface area contributed by atoms with E-state index in [0.717, 1.165) is 6.07 Å². The number of alkyl halides is 2. The van der Waals surface area contributed by atoms with E-state index in [-0.39, 0.29) is 41.1 Å². The number of Topliss-reactive ketones (excluding diaryl/α,β-unsaturated/α-hetero) is 1. The van der Waals surface area contributed by atoms with E-state index in [2.05, 4.69) is 14.9 Å². The lowest BCUT2D eigenvalue weighted by Crippen LogP contribution is -2.03. The maximum Gasteiger partial charge on any atom is 0.387 e. The van der Waals surface area contributed by atoms with E-state index in [0.29, 0.717) is 5.56 Å². The predicted octanol–water partition coefficient (Wildman–Crippen LogP) is 4.27. The van der Waals surface area contributed by atoms with Gasteiger partial charge in [-0.25, -0.2) is 4.39 Å². The molecule has 0 aliphatic carbocycles. The molecule has 0 aliphatic rings. The minimum atomic E-state index is -2.99. The Labute approximate surface area is 163 Å². The number of carbonyl (C=O) groups excluding carboxylic acids is 1.